The summed E-state index contributed by atoms with van der Waals surface area (Å²) in [5.74, 6) is -0.0711. The molecular formula is C12H25ClN2O. The summed E-state index contributed by atoms with van der Waals surface area (Å²) >= 11 is 0. The van der Waals surface area contributed by atoms with E-state index in [9.17, 15) is 4.79 Å². The number of carbonyl (C=O) groups excluding carboxylic acids is 1. The molecule has 0 rings (SSSR count). The molecule has 0 aliphatic rings. The molecule has 0 aromatic rings. The van der Waals surface area contributed by atoms with E-state index in [1.54, 1.807) is 0 Å². The van der Waals surface area contributed by atoms with Crippen LogP contribution in [0.25, 0.3) is 0 Å². The Labute approximate surface area is 106 Å². The van der Waals surface area contributed by atoms with Crippen LogP contribution in [0.4, 0.5) is 0 Å². The molecule has 0 atom stereocenters. The lowest BCUT2D eigenvalue weighted by atomic mass is 10.2. The van der Waals surface area contributed by atoms with Gasteiger partial charge in [0.05, 0.1) is 26.7 Å². The number of quaternary nitrogens is 1. The third-order valence-corrected chi connectivity index (χ3v) is 3.14. The van der Waals surface area contributed by atoms with Crippen molar-refractivity contribution in [2.45, 2.75) is 26.7 Å². The van der Waals surface area contributed by atoms with Gasteiger partial charge in [-0.15, -0.1) is 0 Å². The number of unbranched alkanes of at least 4 members (excludes halogenated alkanes) is 1. The summed E-state index contributed by atoms with van der Waals surface area (Å²) in [6, 6.07) is 0. The fourth-order valence-electron chi connectivity index (χ4n) is 1.44. The summed E-state index contributed by atoms with van der Waals surface area (Å²) in [7, 11) is 2.28. The highest BCUT2D eigenvalue weighted by Crippen LogP contribution is 2.04. The van der Waals surface area contributed by atoms with Crippen LogP contribution >= 0.6 is 0 Å². The van der Waals surface area contributed by atoms with Crippen LogP contribution in [0.1, 0.15) is 26.7 Å². The summed E-state index contributed by atoms with van der Waals surface area (Å²) in [5, 5.41) is 2.79. The van der Waals surface area contributed by atoms with E-state index < -0.39 is 0 Å². The Hall–Kier alpha value is -0.540. The number of halogens is 1. The van der Waals surface area contributed by atoms with E-state index in [-0.39, 0.29) is 18.3 Å². The van der Waals surface area contributed by atoms with Gasteiger partial charge in [0.15, 0.2) is 0 Å². The highest BCUT2D eigenvalue weighted by atomic mass is 35.5. The number of nitrogens with one attached hydrogen (secondary N) is 1. The Kier molecular flexibility index (Phi) is 10.8. The average Bonchev–Trinajstić information content (AvgIpc) is 2.27. The van der Waals surface area contributed by atoms with E-state index in [1.807, 2.05) is 0 Å². The summed E-state index contributed by atoms with van der Waals surface area (Å²) < 4.78 is 1.12. The molecule has 0 aliphatic heterocycles. The minimum Gasteiger partial charge on any atom is -1.00 e. The van der Waals surface area contributed by atoms with Gasteiger partial charge in [-0.25, -0.2) is 0 Å². The third kappa shape index (κ3) is 7.71. The quantitative estimate of drug-likeness (QED) is 0.318. The van der Waals surface area contributed by atoms with E-state index in [0.717, 1.165) is 23.9 Å². The van der Waals surface area contributed by atoms with Crippen LogP contribution in [0.3, 0.4) is 0 Å². The molecule has 0 bridgehead atoms. The number of rotatable bonds is 8. The predicted octanol–water partition coefficient (Wildman–Crippen LogP) is -1.44. The SMILES string of the molecule is C=CC(=O)NCCCC[N+](C)(CC)CC.[Cl-]. The minimum absolute atomic E-state index is 0. The molecule has 0 saturated heterocycles. The van der Waals surface area contributed by atoms with Crippen molar-refractivity contribution in [3.05, 3.63) is 12.7 Å². The first-order chi connectivity index (χ1) is 7.08. The van der Waals surface area contributed by atoms with Crippen LogP contribution in [-0.4, -0.2) is 43.6 Å². The first kappa shape index (κ1) is 17.8. The maximum Gasteiger partial charge on any atom is 0.243 e. The predicted molar refractivity (Wildman–Crippen MR) is 64.6 cm³/mol. The van der Waals surface area contributed by atoms with Gasteiger partial charge in [0.2, 0.25) is 5.91 Å². The average molecular weight is 249 g/mol. The van der Waals surface area contributed by atoms with Crippen LogP contribution < -0.4 is 17.7 Å². The van der Waals surface area contributed by atoms with Crippen LogP contribution in [0, 0.1) is 0 Å². The van der Waals surface area contributed by atoms with Crippen LogP contribution in [0.2, 0.25) is 0 Å². The van der Waals surface area contributed by atoms with Gasteiger partial charge in [0.25, 0.3) is 0 Å². The zero-order chi connectivity index (χ0) is 11.7. The number of hydrogen-bond donors (Lipinski definition) is 1. The minimum atomic E-state index is -0.0711. The second-order valence-corrected chi connectivity index (χ2v) is 4.18. The van der Waals surface area contributed by atoms with Crippen molar-refractivity contribution in [1.82, 2.24) is 5.32 Å². The lowest BCUT2D eigenvalue weighted by Gasteiger charge is -2.32. The Bertz CT molecular complexity index is 203. The standard InChI is InChI=1S/C12H24N2O.ClH/c1-5-12(15)13-10-8-9-11-14(4,6-2)7-3;/h5H,1,6-11H2,2-4H3;1H. The molecule has 0 unspecified atom stereocenters. The number of carbonyl (C=O) groups is 1. The van der Waals surface area contributed by atoms with Gasteiger partial charge in [-0.1, -0.05) is 6.58 Å². The topological polar surface area (TPSA) is 29.1 Å². The van der Waals surface area contributed by atoms with Crippen molar-refractivity contribution in [3.63, 3.8) is 0 Å². The molecule has 4 heteroatoms. The summed E-state index contributed by atoms with van der Waals surface area (Å²) in [6.45, 7) is 12.2. The lowest BCUT2D eigenvalue weighted by Crippen LogP contribution is -3.00. The Morgan fingerprint density at radius 1 is 1.31 bits per heavy atom. The van der Waals surface area contributed by atoms with Gasteiger partial charge >= 0.3 is 0 Å². The molecule has 0 heterocycles. The fraction of sp³-hybridized carbons (Fsp3) is 0.750. The fourth-order valence-corrected chi connectivity index (χ4v) is 1.44. The zero-order valence-corrected chi connectivity index (χ0v) is 11.5. The number of hydrogen-bond acceptors (Lipinski definition) is 1. The van der Waals surface area contributed by atoms with Gasteiger partial charge in [-0.3, -0.25) is 4.79 Å². The van der Waals surface area contributed by atoms with Crippen LogP contribution in [-0.2, 0) is 4.79 Å². The second kappa shape index (κ2) is 9.67. The molecule has 0 aromatic carbocycles. The molecule has 96 valence electrons. The molecule has 0 aromatic heterocycles. The molecule has 0 spiro atoms. The summed E-state index contributed by atoms with van der Waals surface area (Å²) in [6.07, 6.45) is 3.53. The lowest BCUT2D eigenvalue weighted by molar-refractivity contribution is -0.906. The van der Waals surface area contributed by atoms with E-state index >= 15 is 0 Å². The van der Waals surface area contributed by atoms with E-state index in [2.05, 4.69) is 32.8 Å². The number of nitrogens with zero attached hydrogens (tertiary/aromatic N) is 1. The van der Waals surface area contributed by atoms with Crippen LogP contribution in [0.5, 0.6) is 0 Å². The highest BCUT2D eigenvalue weighted by Gasteiger charge is 2.14. The van der Waals surface area contributed by atoms with Crippen molar-refractivity contribution < 1.29 is 21.7 Å². The van der Waals surface area contributed by atoms with Crippen molar-refractivity contribution in [2.24, 2.45) is 0 Å². The van der Waals surface area contributed by atoms with Gasteiger partial charge in [-0.2, -0.15) is 0 Å². The molecule has 16 heavy (non-hydrogen) atoms. The third-order valence-electron chi connectivity index (χ3n) is 3.14. The van der Waals surface area contributed by atoms with Crippen molar-refractivity contribution in [2.75, 3.05) is 33.2 Å². The Balaban J connectivity index is 0. The Morgan fingerprint density at radius 3 is 2.31 bits per heavy atom. The van der Waals surface area contributed by atoms with Crippen molar-refractivity contribution >= 4 is 5.91 Å². The van der Waals surface area contributed by atoms with Gasteiger partial charge in [0, 0.05) is 6.54 Å². The van der Waals surface area contributed by atoms with Gasteiger partial charge < -0.3 is 22.2 Å². The smallest absolute Gasteiger partial charge is 0.243 e. The van der Waals surface area contributed by atoms with Crippen LogP contribution in [0.15, 0.2) is 12.7 Å². The largest absolute Gasteiger partial charge is 1.00 e. The monoisotopic (exact) mass is 248 g/mol. The van der Waals surface area contributed by atoms with Gasteiger partial charge in [0.1, 0.15) is 0 Å². The molecule has 0 fully saturated rings. The molecule has 1 amide bonds. The summed E-state index contributed by atoms with van der Waals surface area (Å²) in [4.78, 5) is 10.9. The first-order valence-corrected chi connectivity index (χ1v) is 5.81. The molecule has 0 aliphatic carbocycles. The van der Waals surface area contributed by atoms with Gasteiger partial charge in [-0.05, 0) is 32.8 Å². The molecule has 0 saturated carbocycles. The molecule has 3 nitrogen and oxygen atoms in total. The first-order valence-electron chi connectivity index (χ1n) is 5.81. The molecule has 0 radical (unpaired) electrons. The zero-order valence-electron chi connectivity index (χ0n) is 10.8. The normalized spacial score (nSPS) is 10.4. The summed E-state index contributed by atoms with van der Waals surface area (Å²) in [5.41, 5.74) is 0. The van der Waals surface area contributed by atoms with E-state index in [4.69, 9.17) is 0 Å². The Morgan fingerprint density at radius 2 is 1.88 bits per heavy atom. The van der Waals surface area contributed by atoms with Crippen molar-refractivity contribution in [3.8, 4) is 0 Å². The maximum absolute atomic E-state index is 10.9. The van der Waals surface area contributed by atoms with Crippen molar-refractivity contribution in [1.29, 1.82) is 0 Å². The van der Waals surface area contributed by atoms with E-state index in [0.29, 0.717) is 0 Å². The molecule has 1 N–H and O–H groups in total. The number of amides is 1. The highest BCUT2D eigenvalue weighted by molar-refractivity contribution is 5.86. The van der Waals surface area contributed by atoms with E-state index in [1.165, 1.54) is 25.7 Å². The molecular weight excluding hydrogens is 224 g/mol. The maximum atomic E-state index is 10.9. The second-order valence-electron chi connectivity index (χ2n) is 4.18.